The van der Waals surface area contributed by atoms with Gasteiger partial charge in [-0.05, 0) is 114 Å². The van der Waals surface area contributed by atoms with Crippen molar-refractivity contribution < 1.29 is 28.6 Å². The number of rotatable bonds is 6. The molecule has 0 atom stereocenters. The van der Waals surface area contributed by atoms with E-state index in [1.165, 1.54) is 6.07 Å². The molecule has 0 aromatic heterocycles. The molecule has 0 amide bonds. The van der Waals surface area contributed by atoms with Crippen LogP contribution in [-0.2, 0) is 22.6 Å². The van der Waals surface area contributed by atoms with Gasteiger partial charge in [-0.2, -0.15) is 0 Å². The first-order chi connectivity index (χ1) is 19.1. The minimum absolute atomic E-state index is 0.0579. The molecular formula is C35H38O6. The van der Waals surface area contributed by atoms with E-state index in [9.17, 15) is 14.4 Å². The van der Waals surface area contributed by atoms with Crippen LogP contribution in [0.15, 0.2) is 60.2 Å². The van der Waals surface area contributed by atoms with Crippen LogP contribution in [0.25, 0.3) is 6.08 Å². The first-order valence-electron chi connectivity index (χ1n) is 13.8. The normalized spacial score (nSPS) is 14.1. The predicted molar refractivity (Wildman–Crippen MR) is 159 cm³/mol. The molecule has 6 heteroatoms. The number of Topliss-reactive ketones (excluding diaryl/α,β-unsaturated/α-hetero) is 1. The lowest BCUT2D eigenvalue weighted by Crippen LogP contribution is -2.28. The maximum Gasteiger partial charge on any atom is 0.316 e. The SMILES string of the molecule is Cc1cc(/C=C2/Cc3cc(OC(=O)C(C)(C)C)c(OC(=O)C(C)(C)C)cc3C2=O)cc(C)c1OCc1ccccc1. The average Bonchev–Trinajstić information content (AvgIpc) is 3.17. The highest BCUT2D eigenvalue weighted by Gasteiger charge is 2.32. The Kier molecular flexibility index (Phi) is 8.25. The summed E-state index contributed by atoms with van der Waals surface area (Å²) >= 11 is 0. The van der Waals surface area contributed by atoms with Gasteiger partial charge in [-0.25, -0.2) is 0 Å². The molecule has 0 radical (unpaired) electrons. The Morgan fingerprint density at radius 1 is 0.805 bits per heavy atom. The maximum atomic E-state index is 13.5. The van der Waals surface area contributed by atoms with E-state index >= 15 is 0 Å². The van der Waals surface area contributed by atoms with Crippen LogP contribution in [0.4, 0.5) is 0 Å². The molecule has 0 spiro atoms. The van der Waals surface area contributed by atoms with Crippen molar-refractivity contribution in [2.75, 3.05) is 0 Å². The van der Waals surface area contributed by atoms with E-state index in [-0.39, 0.29) is 17.3 Å². The molecule has 0 aliphatic heterocycles. The summed E-state index contributed by atoms with van der Waals surface area (Å²) < 4.78 is 17.4. The lowest BCUT2D eigenvalue weighted by atomic mass is 9.97. The van der Waals surface area contributed by atoms with E-state index in [2.05, 4.69) is 0 Å². The predicted octanol–water partition coefficient (Wildman–Crippen LogP) is 7.61. The van der Waals surface area contributed by atoms with Crippen molar-refractivity contribution in [1.82, 2.24) is 0 Å². The fraction of sp³-hybridized carbons (Fsp3) is 0.343. The summed E-state index contributed by atoms with van der Waals surface area (Å²) in [5, 5.41) is 0. The number of benzene rings is 3. The third kappa shape index (κ3) is 6.94. The van der Waals surface area contributed by atoms with Crippen LogP contribution in [0.1, 0.15) is 79.7 Å². The smallest absolute Gasteiger partial charge is 0.316 e. The Morgan fingerprint density at radius 3 is 1.88 bits per heavy atom. The minimum atomic E-state index is -0.786. The number of fused-ring (bicyclic) bond motifs is 1. The topological polar surface area (TPSA) is 78.9 Å². The number of ketones is 1. The summed E-state index contributed by atoms with van der Waals surface area (Å²) in [5.41, 5.74) is 4.12. The number of allylic oxidation sites excluding steroid dienone is 1. The van der Waals surface area contributed by atoms with Crippen molar-refractivity contribution in [2.45, 2.75) is 68.4 Å². The van der Waals surface area contributed by atoms with Crippen LogP contribution in [-0.4, -0.2) is 17.7 Å². The van der Waals surface area contributed by atoms with Crippen molar-refractivity contribution in [3.05, 3.63) is 93.6 Å². The highest BCUT2D eigenvalue weighted by atomic mass is 16.6. The fourth-order valence-electron chi connectivity index (χ4n) is 4.43. The molecule has 0 bridgehead atoms. The Balaban J connectivity index is 1.63. The second-order valence-corrected chi connectivity index (χ2v) is 12.7. The molecule has 6 nitrogen and oxygen atoms in total. The first kappa shape index (κ1) is 29.8. The van der Waals surface area contributed by atoms with Crippen molar-refractivity contribution in [1.29, 1.82) is 0 Å². The largest absolute Gasteiger partial charge is 0.488 e. The molecule has 0 heterocycles. The number of carbonyl (C=O) groups excluding carboxylic acids is 3. The standard InChI is InChI=1S/C35H38O6/c1-21-14-24(15-22(2)31(21)39-20-23-12-10-9-11-13-23)16-26-17-25-18-28(40-32(37)34(3,4)5)29(19-27(25)30(26)36)41-33(38)35(6,7)8/h9-16,18-19H,17,20H2,1-8H3/b26-16-. The lowest BCUT2D eigenvalue weighted by molar-refractivity contribution is -0.145. The lowest BCUT2D eigenvalue weighted by Gasteiger charge is -2.21. The average molecular weight is 555 g/mol. The van der Waals surface area contributed by atoms with Gasteiger partial charge in [-0.3, -0.25) is 14.4 Å². The zero-order valence-electron chi connectivity index (χ0n) is 25.1. The van der Waals surface area contributed by atoms with Gasteiger partial charge < -0.3 is 14.2 Å². The quantitative estimate of drug-likeness (QED) is 0.177. The minimum Gasteiger partial charge on any atom is -0.488 e. The van der Waals surface area contributed by atoms with Gasteiger partial charge in [0.1, 0.15) is 12.4 Å². The van der Waals surface area contributed by atoms with E-state index in [1.807, 2.05) is 62.4 Å². The molecule has 41 heavy (non-hydrogen) atoms. The highest BCUT2D eigenvalue weighted by Crippen LogP contribution is 2.39. The van der Waals surface area contributed by atoms with Crippen LogP contribution in [0, 0.1) is 24.7 Å². The molecule has 0 unspecified atom stereocenters. The van der Waals surface area contributed by atoms with E-state index in [4.69, 9.17) is 14.2 Å². The molecule has 1 aliphatic carbocycles. The van der Waals surface area contributed by atoms with Gasteiger partial charge in [0, 0.05) is 17.6 Å². The molecule has 214 valence electrons. The Labute approximate surface area is 242 Å². The van der Waals surface area contributed by atoms with Crippen molar-refractivity contribution >= 4 is 23.8 Å². The third-order valence-electron chi connectivity index (χ3n) is 6.77. The number of esters is 2. The number of hydrogen-bond acceptors (Lipinski definition) is 6. The second-order valence-electron chi connectivity index (χ2n) is 12.7. The van der Waals surface area contributed by atoms with E-state index in [0.717, 1.165) is 28.0 Å². The molecule has 3 aromatic rings. The first-order valence-corrected chi connectivity index (χ1v) is 13.8. The molecule has 0 saturated heterocycles. The zero-order chi connectivity index (χ0) is 30.1. The molecule has 0 N–H and O–H groups in total. The zero-order valence-corrected chi connectivity index (χ0v) is 25.1. The molecule has 1 aliphatic rings. The van der Waals surface area contributed by atoms with Crippen LogP contribution in [0.2, 0.25) is 0 Å². The summed E-state index contributed by atoms with van der Waals surface area (Å²) in [6.45, 7) is 14.9. The van der Waals surface area contributed by atoms with Crippen LogP contribution < -0.4 is 14.2 Å². The molecule has 3 aromatic carbocycles. The van der Waals surface area contributed by atoms with Gasteiger partial charge in [-0.1, -0.05) is 30.3 Å². The van der Waals surface area contributed by atoms with Gasteiger partial charge in [0.2, 0.25) is 0 Å². The Hall–Kier alpha value is -4.19. The Morgan fingerprint density at radius 2 is 1.34 bits per heavy atom. The van der Waals surface area contributed by atoms with Crippen molar-refractivity contribution in [2.24, 2.45) is 10.8 Å². The van der Waals surface area contributed by atoms with Gasteiger partial charge in [-0.15, -0.1) is 0 Å². The molecule has 0 fully saturated rings. The van der Waals surface area contributed by atoms with Crippen LogP contribution in [0.5, 0.6) is 17.2 Å². The van der Waals surface area contributed by atoms with E-state index in [1.54, 1.807) is 47.6 Å². The van der Waals surface area contributed by atoms with Gasteiger partial charge in [0.15, 0.2) is 17.3 Å². The maximum absolute atomic E-state index is 13.5. The number of hydrogen-bond donors (Lipinski definition) is 0. The van der Waals surface area contributed by atoms with E-state index in [0.29, 0.717) is 29.7 Å². The Bertz CT molecular complexity index is 1510. The fourth-order valence-corrected chi connectivity index (χ4v) is 4.43. The van der Waals surface area contributed by atoms with Gasteiger partial charge >= 0.3 is 11.9 Å². The highest BCUT2D eigenvalue weighted by molar-refractivity contribution is 6.16. The van der Waals surface area contributed by atoms with E-state index < -0.39 is 22.8 Å². The number of ether oxygens (including phenoxy) is 3. The molecule has 0 saturated carbocycles. The van der Waals surface area contributed by atoms with Gasteiger partial charge in [0.05, 0.1) is 10.8 Å². The summed E-state index contributed by atoms with van der Waals surface area (Å²) in [6, 6.07) is 17.2. The van der Waals surface area contributed by atoms with Crippen molar-refractivity contribution in [3.8, 4) is 17.2 Å². The van der Waals surface area contributed by atoms with Crippen molar-refractivity contribution in [3.63, 3.8) is 0 Å². The number of aryl methyl sites for hydroxylation is 2. The van der Waals surface area contributed by atoms with Crippen LogP contribution >= 0.6 is 0 Å². The molecule has 4 rings (SSSR count). The summed E-state index contributed by atoms with van der Waals surface area (Å²) in [6.07, 6.45) is 2.25. The van der Waals surface area contributed by atoms with Gasteiger partial charge in [0.25, 0.3) is 0 Å². The van der Waals surface area contributed by atoms with Crippen LogP contribution in [0.3, 0.4) is 0 Å². The summed E-state index contributed by atoms with van der Waals surface area (Å²) in [7, 11) is 0. The third-order valence-corrected chi connectivity index (χ3v) is 6.77. The number of carbonyl (C=O) groups is 3. The second kappa shape index (κ2) is 11.4. The summed E-state index contributed by atoms with van der Waals surface area (Å²) in [4.78, 5) is 38.9. The monoisotopic (exact) mass is 554 g/mol. The summed E-state index contributed by atoms with van der Waals surface area (Å²) in [5.74, 6) is -0.100. The molecular weight excluding hydrogens is 516 g/mol.